The number of rotatable bonds is 5. The molecule has 1 amide bonds. The molecule has 0 spiro atoms. The van der Waals surface area contributed by atoms with Crippen molar-refractivity contribution >= 4 is 23.5 Å². The number of anilines is 1. The van der Waals surface area contributed by atoms with Crippen LogP contribution in [-0.4, -0.2) is 35.1 Å². The summed E-state index contributed by atoms with van der Waals surface area (Å²) < 4.78 is 11.3. The van der Waals surface area contributed by atoms with Gasteiger partial charge in [0.2, 0.25) is 5.91 Å². The van der Waals surface area contributed by atoms with Crippen LogP contribution in [0.15, 0.2) is 18.2 Å². The lowest BCUT2D eigenvalue weighted by Crippen LogP contribution is -2.21. The van der Waals surface area contributed by atoms with Gasteiger partial charge < -0.3 is 14.8 Å². The van der Waals surface area contributed by atoms with Crippen LogP contribution in [0.4, 0.5) is 5.82 Å². The lowest BCUT2D eigenvalue weighted by molar-refractivity contribution is -0.115. The van der Waals surface area contributed by atoms with Crippen LogP contribution < -0.4 is 14.8 Å². The number of nitrogens with zero attached hydrogens (tertiary/aromatic N) is 1. The van der Waals surface area contributed by atoms with Gasteiger partial charge in [-0.3, -0.25) is 9.89 Å². The lowest BCUT2D eigenvalue weighted by Gasteiger charge is -2.19. The van der Waals surface area contributed by atoms with Crippen molar-refractivity contribution in [1.82, 2.24) is 10.2 Å². The summed E-state index contributed by atoms with van der Waals surface area (Å²) in [5.41, 5.74) is 3.01. The third-order valence-electron chi connectivity index (χ3n) is 4.16. The van der Waals surface area contributed by atoms with Crippen molar-refractivity contribution in [3.05, 3.63) is 35.0 Å². The lowest BCUT2D eigenvalue weighted by atomic mass is 10.0. The molecule has 0 bridgehead atoms. The van der Waals surface area contributed by atoms with E-state index in [4.69, 9.17) is 9.47 Å². The molecule has 2 atom stereocenters. The number of nitrogens with one attached hydrogen (secondary N) is 2. The Bertz CT molecular complexity index is 775. The van der Waals surface area contributed by atoms with E-state index in [1.165, 1.54) is 0 Å². The van der Waals surface area contributed by atoms with Crippen molar-refractivity contribution in [1.29, 1.82) is 0 Å². The van der Waals surface area contributed by atoms with Crippen LogP contribution in [0.1, 0.15) is 42.3 Å². The summed E-state index contributed by atoms with van der Waals surface area (Å²) >= 11 is 1.60. The molecule has 6 nitrogen and oxygen atoms in total. The molecule has 1 aromatic heterocycles. The number of thioether (sulfide) groups is 1. The number of methoxy groups -OCH3 is 1. The van der Waals surface area contributed by atoms with E-state index in [0.29, 0.717) is 18.2 Å². The molecule has 25 heavy (non-hydrogen) atoms. The van der Waals surface area contributed by atoms with Crippen LogP contribution in [0.5, 0.6) is 11.5 Å². The van der Waals surface area contributed by atoms with Crippen LogP contribution in [-0.2, 0) is 4.79 Å². The van der Waals surface area contributed by atoms with Crippen molar-refractivity contribution < 1.29 is 14.3 Å². The summed E-state index contributed by atoms with van der Waals surface area (Å²) in [6, 6.07) is 5.95. The van der Waals surface area contributed by atoms with Crippen LogP contribution in [0.2, 0.25) is 0 Å². The monoisotopic (exact) mass is 361 g/mol. The topological polar surface area (TPSA) is 76.2 Å². The van der Waals surface area contributed by atoms with Gasteiger partial charge in [0, 0.05) is 11.3 Å². The van der Waals surface area contributed by atoms with E-state index in [9.17, 15) is 4.79 Å². The van der Waals surface area contributed by atoms with E-state index in [1.54, 1.807) is 18.9 Å². The second kappa shape index (κ2) is 7.39. The zero-order chi connectivity index (χ0) is 18.0. The number of aromatic amines is 1. The molecule has 3 rings (SSSR count). The molecular formula is C18H23N3O3S. The number of carbonyl (C=O) groups is 1. The minimum Gasteiger partial charge on any atom is -0.493 e. The average Bonchev–Trinajstić information content (AvgIpc) is 2.91. The van der Waals surface area contributed by atoms with Gasteiger partial charge >= 0.3 is 0 Å². The van der Waals surface area contributed by atoms with Gasteiger partial charge in [-0.25, -0.2) is 0 Å². The van der Waals surface area contributed by atoms with Crippen molar-refractivity contribution in [2.45, 2.75) is 37.7 Å². The molecule has 134 valence electrons. The molecule has 0 unspecified atom stereocenters. The molecule has 0 fully saturated rings. The number of aromatic nitrogens is 2. The van der Waals surface area contributed by atoms with Crippen LogP contribution in [0, 0.1) is 6.92 Å². The minimum absolute atomic E-state index is 0.0168. The number of hydrogen-bond donors (Lipinski definition) is 2. The SMILES string of the molecule is CCCOc1ccc([C@H]2S[C@H](C)C(=O)Nc3n[nH]c(C)c32)cc1OC. The fourth-order valence-electron chi connectivity index (χ4n) is 2.83. The number of amides is 1. The highest BCUT2D eigenvalue weighted by atomic mass is 32.2. The number of ether oxygens (including phenoxy) is 2. The van der Waals surface area contributed by atoms with Crippen molar-refractivity contribution in [3.8, 4) is 11.5 Å². The summed E-state index contributed by atoms with van der Waals surface area (Å²) in [4.78, 5) is 12.2. The summed E-state index contributed by atoms with van der Waals surface area (Å²) in [7, 11) is 1.64. The Morgan fingerprint density at radius 1 is 1.32 bits per heavy atom. The van der Waals surface area contributed by atoms with E-state index in [1.807, 2.05) is 32.0 Å². The van der Waals surface area contributed by atoms with Crippen molar-refractivity contribution in [3.63, 3.8) is 0 Å². The van der Waals surface area contributed by atoms with Crippen LogP contribution in [0.25, 0.3) is 0 Å². The zero-order valence-electron chi connectivity index (χ0n) is 14.9. The molecule has 2 aromatic rings. The predicted molar refractivity (Wildman–Crippen MR) is 99.6 cm³/mol. The Morgan fingerprint density at radius 2 is 2.12 bits per heavy atom. The van der Waals surface area contributed by atoms with Crippen molar-refractivity contribution in [2.75, 3.05) is 19.0 Å². The first-order chi connectivity index (χ1) is 12.0. The molecule has 0 aliphatic carbocycles. The van der Waals surface area contributed by atoms with Gasteiger partial charge in [-0.05, 0) is 38.0 Å². The zero-order valence-corrected chi connectivity index (χ0v) is 15.7. The van der Waals surface area contributed by atoms with E-state index >= 15 is 0 Å². The normalized spacial score (nSPS) is 19.8. The number of fused-ring (bicyclic) bond motifs is 1. The number of hydrogen-bond acceptors (Lipinski definition) is 5. The Labute approximate surface area is 151 Å². The standard InChI is InChI=1S/C18H23N3O3S/c1-5-8-24-13-7-6-12(9-14(13)23-4)16-15-10(2)20-21-17(15)19-18(22)11(3)25-16/h6-7,9,11,16H,5,8H2,1-4H3,(H2,19,20,21,22)/t11-,16-/m1/s1. The number of carbonyl (C=O) groups excluding carboxylic acids is 1. The predicted octanol–water partition coefficient (Wildman–Crippen LogP) is 3.68. The molecule has 1 aliphatic heterocycles. The first-order valence-corrected chi connectivity index (χ1v) is 9.31. The van der Waals surface area contributed by atoms with Gasteiger partial charge in [0.05, 0.1) is 24.2 Å². The van der Waals surface area contributed by atoms with Gasteiger partial charge in [-0.1, -0.05) is 13.0 Å². The molecule has 0 radical (unpaired) electrons. The van der Waals surface area contributed by atoms with Gasteiger partial charge in [0.25, 0.3) is 0 Å². The molecule has 1 aromatic carbocycles. The first-order valence-electron chi connectivity index (χ1n) is 8.37. The minimum atomic E-state index is -0.180. The summed E-state index contributed by atoms with van der Waals surface area (Å²) in [6.07, 6.45) is 0.937. The average molecular weight is 361 g/mol. The molecule has 2 N–H and O–H groups in total. The second-order valence-corrected chi connectivity index (χ2v) is 7.47. The second-order valence-electron chi connectivity index (χ2n) is 6.02. The number of benzene rings is 1. The fourth-order valence-corrected chi connectivity index (χ4v) is 4.15. The molecule has 2 heterocycles. The first kappa shape index (κ1) is 17.7. The molecule has 1 aliphatic rings. The molecule has 0 saturated carbocycles. The summed E-state index contributed by atoms with van der Waals surface area (Å²) in [5, 5.41) is 9.93. The van der Waals surface area contributed by atoms with E-state index in [0.717, 1.165) is 29.0 Å². The largest absolute Gasteiger partial charge is 0.493 e. The van der Waals surface area contributed by atoms with E-state index < -0.39 is 0 Å². The van der Waals surface area contributed by atoms with E-state index in [-0.39, 0.29) is 16.4 Å². The van der Waals surface area contributed by atoms with Crippen LogP contribution in [0.3, 0.4) is 0 Å². The highest BCUT2D eigenvalue weighted by Crippen LogP contribution is 2.46. The maximum absolute atomic E-state index is 12.2. The summed E-state index contributed by atoms with van der Waals surface area (Å²) in [5.74, 6) is 2.01. The molecule has 7 heteroatoms. The number of aryl methyl sites for hydroxylation is 1. The fraction of sp³-hybridized carbons (Fsp3) is 0.444. The van der Waals surface area contributed by atoms with Gasteiger partial charge in [0.15, 0.2) is 17.3 Å². The highest BCUT2D eigenvalue weighted by molar-refractivity contribution is 8.01. The smallest absolute Gasteiger partial charge is 0.238 e. The maximum atomic E-state index is 12.2. The maximum Gasteiger partial charge on any atom is 0.238 e. The quantitative estimate of drug-likeness (QED) is 0.850. The Hall–Kier alpha value is -2.15. The summed E-state index contributed by atoms with van der Waals surface area (Å²) in [6.45, 7) is 6.59. The Balaban J connectivity index is 2.02. The Morgan fingerprint density at radius 3 is 2.84 bits per heavy atom. The van der Waals surface area contributed by atoms with E-state index in [2.05, 4.69) is 22.4 Å². The van der Waals surface area contributed by atoms with Gasteiger partial charge in [-0.15, -0.1) is 11.8 Å². The van der Waals surface area contributed by atoms with Crippen LogP contribution >= 0.6 is 11.8 Å². The Kier molecular flexibility index (Phi) is 5.22. The third kappa shape index (κ3) is 3.46. The van der Waals surface area contributed by atoms with Crippen molar-refractivity contribution in [2.24, 2.45) is 0 Å². The van der Waals surface area contributed by atoms with Gasteiger partial charge in [0.1, 0.15) is 0 Å². The van der Waals surface area contributed by atoms with Gasteiger partial charge in [-0.2, -0.15) is 5.10 Å². The third-order valence-corrected chi connectivity index (χ3v) is 5.56. The number of H-pyrrole nitrogens is 1. The molecular weight excluding hydrogens is 338 g/mol. The highest BCUT2D eigenvalue weighted by Gasteiger charge is 2.32. The molecule has 0 saturated heterocycles.